The molecule has 0 aromatic carbocycles. The van der Waals surface area contributed by atoms with Crippen molar-refractivity contribution >= 4 is 7.12 Å². The van der Waals surface area contributed by atoms with E-state index in [0.29, 0.717) is 0 Å². The highest BCUT2D eigenvalue weighted by Crippen LogP contribution is 2.73. The minimum absolute atomic E-state index is 0.00887. The van der Waals surface area contributed by atoms with Crippen molar-refractivity contribution in [2.24, 2.45) is 17.3 Å². The summed E-state index contributed by atoms with van der Waals surface area (Å²) >= 11 is 0. The number of fused-ring (bicyclic) bond motifs is 3. The molecular weight excluding hydrogens is 247 g/mol. The van der Waals surface area contributed by atoms with Gasteiger partial charge >= 0.3 is 7.12 Å². The molecule has 0 aromatic rings. The molecular formula is C17H25BO2. The zero-order valence-electron chi connectivity index (χ0n) is 12.9. The Bertz CT molecular complexity index is 515. The van der Waals surface area contributed by atoms with Gasteiger partial charge in [0.25, 0.3) is 0 Å². The van der Waals surface area contributed by atoms with E-state index in [1.165, 1.54) is 38.5 Å². The van der Waals surface area contributed by atoms with Crippen LogP contribution >= 0.6 is 0 Å². The minimum Gasteiger partial charge on any atom is -0.402 e. The van der Waals surface area contributed by atoms with Crippen molar-refractivity contribution in [1.82, 2.24) is 0 Å². The van der Waals surface area contributed by atoms with E-state index in [4.69, 9.17) is 9.31 Å². The Morgan fingerprint density at radius 1 is 1.05 bits per heavy atom. The smallest absolute Gasteiger partial charge is 0.402 e. The Kier molecular flexibility index (Phi) is 1.98. The first-order chi connectivity index (χ1) is 9.41. The van der Waals surface area contributed by atoms with Crippen LogP contribution in [0.2, 0.25) is 5.31 Å². The summed E-state index contributed by atoms with van der Waals surface area (Å²) in [5.41, 5.74) is 0.210. The second kappa shape index (κ2) is 3.22. The Hall–Kier alpha value is -0.275. The molecule has 5 unspecified atom stereocenters. The molecule has 20 heavy (non-hydrogen) atoms. The average Bonchev–Trinajstić information content (AvgIpc) is 3.08. The van der Waals surface area contributed by atoms with Gasteiger partial charge in [-0.3, -0.25) is 0 Å². The molecule has 1 heterocycles. The lowest BCUT2D eigenvalue weighted by Crippen LogP contribution is -2.73. The van der Waals surface area contributed by atoms with Crippen molar-refractivity contribution < 1.29 is 9.31 Å². The molecule has 5 aliphatic carbocycles. The molecule has 0 radical (unpaired) electrons. The maximum Gasteiger partial charge on any atom is 0.468 e. The van der Waals surface area contributed by atoms with Gasteiger partial charge in [-0.25, -0.2) is 0 Å². The molecule has 2 nitrogen and oxygen atoms in total. The van der Waals surface area contributed by atoms with Gasteiger partial charge in [0.05, 0.1) is 11.2 Å². The number of rotatable bonds is 1. The first-order valence-corrected chi connectivity index (χ1v) is 8.46. The first kappa shape index (κ1) is 12.3. The molecule has 108 valence electrons. The van der Waals surface area contributed by atoms with Crippen molar-refractivity contribution in [3.05, 3.63) is 12.2 Å². The molecule has 5 atom stereocenters. The van der Waals surface area contributed by atoms with Crippen molar-refractivity contribution in [1.29, 1.82) is 0 Å². The van der Waals surface area contributed by atoms with E-state index >= 15 is 0 Å². The van der Waals surface area contributed by atoms with Gasteiger partial charge in [0, 0.05) is 5.31 Å². The normalized spacial score (nSPS) is 57.9. The topological polar surface area (TPSA) is 18.5 Å². The van der Waals surface area contributed by atoms with Crippen LogP contribution in [0.15, 0.2) is 12.2 Å². The van der Waals surface area contributed by atoms with Gasteiger partial charge in [-0.2, -0.15) is 0 Å². The highest BCUT2D eigenvalue weighted by molar-refractivity contribution is 6.51. The molecule has 1 saturated heterocycles. The van der Waals surface area contributed by atoms with Crippen LogP contribution in [-0.4, -0.2) is 18.3 Å². The van der Waals surface area contributed by atoms with Crippen LogP contribution in [0.1, 0.15) is 59.3 Å². The van der Waals surface area contributed by atoms with E-state index in [1.807, 2.05) is 0 Å². The van der Waals surface area contributed by atoms with E-state index in [2.05, 4.69) is 32.9 Å². The molecule has 5 fully saturated rings. The van der Waals surface area contributed by atoms with Gasteiger partial charge in [-0.15, -0.1) is 0 Å². The summed E-state index contributed by atoms with van der Waals surface area (Å²) in [6, 6.07) is 0. The standard InChI is InChI=1S/C17H25BO2/c1-14(2)13-6-7-15(3)17(14,11-13)20-18(19-15)16-8-4-12(10-16)5-9-16/h4,8,12-13H,5-7,9-11H2,1-3H3. The summed E-state index contributed by atoms with van der Waals surface area (Å²) in [5.74, 6) is 1.63. The number of hydrogen-bond donors (Lipinski definition) is 0. The van der Waals surface area contributed by atoms with Gasteiger partial charge in [0.15, 0.2) is 0 Å². The molecule has 0 aromatic heterocycles. The predicted octanol–water partition coefficient (Wildman–Crippen LogP) is 3.97. The fourth-order valence-electron chi connectivity index (χ4n) is 6.31. The van der Waals surface area contributed by atoms with Crippen LogP contribution < -0.4 is 0 Å². The van der Waals surface area contributed by atoms with Crippen molar-refractivity contribution in [2.75, 3.05) is 0 Å². The lowest BCUT2D eigenvalue weighted by atomic mass is 9.41. The van der Waals surface area contributed by atoms with Gasteiger partial charge < -0.3 is 9.31 Å². The summed E-state index contributed by atoms with van der Waals surface area (Å²) in [6.45, 7) is 7.14. The fourth-order valence-corrected chi connectivity index (χ4v) is 6.31. The maximum atomic E-state index is 6.77. The van der Waals surface area contributed by atoms with Gasteiger partial charge in [-0.1, -0.05) is 26.0 Å². The summed E-state index contributed by atoms with van der Waals surface area (Å²) in [4.78, 5) is 0. The summed E-state index contributed by atoms with van der Waals surface area (Å²) in [6.07, 6.45) is 12.4. The quantitative estimate of drug-likeness (QED) is 0.531. The summed E-state index contributed by atoms with van der Waals surface area (Å²) in [7, 11) is 0.00887. The maximum absolute atomic E-state index is 6.77. The largest absolute Gasteiger partial charge is 0.468 e. The van der Waals surface area contributed by atoms with E-state index < -0.39 is 0 Å². The molecule has 6 rings (SSSR count). The van der Waals surface area contributed by atoms with Crippen molar-refractivity contribution in [3.63, 3.8) is 0 Å². The van der Waals surface area contributed by atoms with Crippen LogP contribution in [0.3, 0.4) is 0 Å². The zero-order valence-corrected chi connectivity index (χ0v) is 12.9. The third-order valence-electron chi connectivity index (χ3n) is 7.89. The molecule has 4 bridgehead atoms. The van der Waals surface area contributed by atoms with E-state index in [9.17, 15) is 0 Å². The van der Waals surface area contributed by atoms with Crippen LogP contribution in [0.25, 0.3) is 0 Å². The first-order valence-electron chi connectivity index (χ1n) is 8.46. The van der Waals surface area contributed by atoms with Gasteiger partial charge in [-0.05, 0) is 62.7 Å². The average molecular weight is 272 g/mol. The lowest BCUT2D eigenvalue weighted by molar-refractivity contribution is -0.257. The fraction of sp³-hybridized carbons (Fsp3) is 0.882. The Morgan fingerprint density at radius 2 is 1.90 bits per heavy atom. The zero-order chi connectivity index (χ0) is 13.8. The van der Waals surface area contributed by atoms with Gasteiger partial charge in [0.2, 0.25) is 0 Å². The Morgan fingerprint density at radius 3 is 2.45 bits per heavy atom. The second-order valence-electron chi connectivity index (χ2n) is 8.88. The number of allylic oxidation sites excluding steroid dienone is 2. The third-order valence-corrected chi connectivity index (χ3v) is 7.89. The van der Waals surface area contributed by atoms with Crippen LogP contribution in [-0.2, 0) is 9.31 Å². The Labute approximate surface area is 122 Å². The van der Waals surface area contributed by atoms with Gasteiger partial charge in [0.1, 0.15) is 0 Å². The molecule has 0 N–H and O–H groups in total. The predicted molar refractivity (Wildman–Crippen MR) is 79.4 cm³/mol. The highest BCUT2D eigenvalue weighted by Gasteiger charge is 2.78. The van der Waals surface area contributed by atoms with Crippen LogP contribution in [0, 0.1) is 17.3 Å². The SMILES string of the molecule is CC12CCC3CC1(OB(C14C=CC(CC1)C4)O2)C3(C)C. The summed E-state index contributed by atoms with van der Waals surface area (Å²) in [5, 5.41) is 0.195. The monoisotopic (exact) mass is 272 g/mol. The third kappa shape index (κ3) is 1.08. The van der Waals surface area contributed by atoms with E-state index in [0.717, 1.165) is 11.8 Å². The molecule has 1 spiro atoms. The van der Waals surface area contributed by atoms with Crippen LogP contribution in [0.4, 0.5) is 0 Å². The van der Waals surface area contributed by atoms with Crippen LogP contribution in [0.5, 0.6) is 0 Å². The second-order valence-corrected chi connectivity index (χ2v) is 8.88. The van der Waals surface area contributed by atoms with E-state index in [-0.39, 0.29) is 29.0 Å². The highest BCUT2D eigenvalue weighted by atomic mass is 16.7. The molecule has 6 aliphatic rings. The minimum atomic E-state index is -0.0564. The van der Waals surface area contributed by atoms with E-state index in [1.54, 1.807) is 0 Å². The van der Waals surface area contributed by atoms with Crippen molar-refractivity contribution in [2.45, 2.75) is 75.8 Å². The lowest BCUT2D eigenvalue weighted by Gasteiger charge is -2.69. The Balaban J connectivity index is 1.54. The summed E-state index contributed by atoms with van der Waals surface area (Å²) < 4.78 is 13.4. The van der Waals surface area contributed by atoms with Crippen molar-refractivity contribution in [3.8, 4) is 0 Å². The molecule has 4 saturated carbocycles. The molecule has 1 aliphatic heterocycles. The molecule has 3 heteroatoms. The number of hydrogen-bond acceptors (Lipinski definition) is 2. The molecule has 0 amide bonds.